The van der Waals surface area contributed by atoms with Crippen LogP contribution in [0, 0.1) is 6.92 Å². The molecule has 14 heavy (non-hydrogen) atoms. The minimum absolute atomic E-state index is 0.154. The van der Waals surface area contributed by atoms with Crippen molar-refractivity contribution in [1.82, 2.24) is 14.8 Å². The van der Waals surface area contributed by atoms with E-state index in [9.17, 15) is 8.42 Å². The fraction of sp³-hybridized carbons (Fsp3) is 0.714. The van der Waals surface area contributed by atoms with E-state index < -0.39 is 9.84 Å². The molecule has 0 bridgehead atoms. The van der Waals surface area contributed by atoms with Crippen molar-refractivity contribution in [3.05, 3.63) is 11.1 Å². The molecule has 0 fully saturated rings. The van der Waals surface area contributed by atoms with Crippen LogP contribution in [0.3, 0.4) is 0 Å². The highest BCUT2D eigenvalue weighted by atomic mass is 35.5. The molecular weight excluding hydrogens is 226 g/mol. The maximum absolute atomic E-state index is 10.9. The Morgan fingerprint density at radius 2 is 2.07 bits per heavy atom. The second-order valence-electron chi connectivity index (χ2n) is 3.15. The third-order valence-corrected chi connectivity index (χ3v) is 3.10. The molecule has 0 radical (unpaired) electrons. The molecule has 0 aromatic carbocycles. The Bertz CT molecular complexity index is 393. The zero-order chi connectivity index (χ0) is 10.8. The number of aryl methyl sites for hydroxylation is 1. The molecule has 1 aromatic rings. The Balaban J connectivity index is 2.54. The van der Waals surface area contributed by atoms with Gasteiger partial charge in [-0.25, -0.2) is 8.42 Å². The first-order chi connectivity index (χ1) is 6.40. The molecule has 1 rings (SSSR count). The predicted molar refractivity (Wildman–Crippen MR) is 54.1 cm³/mol. The van der Waals surface area contributed by atoms with Gasteiger partial charge in [0.2, 0.25) is 5.28 Å². The van der Waals surface area contributed by atoms with Crippen LogP contribution in [0.2, 0.25) is 5.28 Å². The summed E-state index contributed by atoms with van der Waals surface area (Å²) in [5.41, 5.74) is 0. The Morgan fingerprint density at radius 1 is 1.43 bits per heavy atom. The van der Waals surface area contributed by atoms with Gasteiger partial charge in [0.05, 0.1) is 5.75 Å². The van der Waals surface area contributed by atoms with Gasteiger partial charge in [-0.05, 0) is 24.9 Å². The van der Waals surface area contributed by atoms with Crippen LogP contribution in [0.15, 0.2) is 0 Å². The maximum atomic E-state index is 10.9. The number of hydrogen-bond acceptors (Lipinski definition) is 4. The first-order valence-corrected chi connectivity index (χ1v) is 6.57. The number of sulfone groups is 1. The third kappa shape index (κ3) is 3.26. The molecule has 0 unspecified atom stereocenters. The van der Waals surface area contributed by atoms with Crippen LogP contribution in [0.4, 0.5) is 0 Å². The van der Waals surface area contributed by atoms with Crippen LogP contribution in [0.25, 0.3) is 0 Å². The van der Waals surface area contributed by atoms with Gasteiger partial charge in [0, 0.05) is 12.8 Å². The van der Waals surface area contributed by atoms with E-state index in [0.717, 1.165) is 0 Å². The summed E-state index contributed by atoms with van der Waals surface area (Å²) in [5.74, 6) is 0.851. The van der Waals surface area contributed by atoms with Crippen molar-refractivity contribution in [2.45, 2.75) is 19.9 Å². The van der Waals surface area contributed by atoms with Gasteiger partial charge >= 0.3 is 0 Å². The van der Waals surface area contributed by atoms with Crippen LogP contribution >= 0.6 is 11.6 Å². The van der Waals surface area contributed by atoms with Gasteiger partial charge in [0.1, 0.15) is 15.7 Å². The molecule has 1 aromatic heterocycles. The zero-order valence-electron chi connectivity index (χ0n) is 8.07. The van der Waals surface area contributed by atoms with Crippen LogP contribution in [-0.2, 0) is 16.4 Å². The van der Waals surface area contributed by atoms with E-state index in [2.05, 4.69) is 10.2 Å². The first-order valence-electron chi connectivity index (χ1n) is 4.13. The van der Waals surface area contributed by atoms with Gasteiger partial charge in [-0.1, -0.05) is 0 Å². The average molecular weight is 238 g/mol. The maximum Gasteiger partial charge on any atom is 0.225 e. The highest BCUT2D eigenvalue weighted by Gasteiger charge is 2.07. The summed E-state index contributed by atoms with van der Waals surface area (Å²) in [6.45, 7) is 2.31. The number of halogens is 1. The summed E-state index contributed by atoms with van der Waals surface area (Å²) in [7, 11) is -2.90. The highest BCUT2D eigenvalue weighted by molar-refractivity contribution is 7.90. The molecule has 0 saturated heterocycles. The minimum atomic E-state index is -2.90. The van der Waals surface area contributed by atoms with Crippen LogP contribution in [-0.4, -0.2) is 35.2 Å². The second-order valence-corrected chi connectivity index (χ2v) is 5.75. The lowest BCUT2D eigenvalue weighted by Crippen LogP contribution is -2.08. The zero-order valence-corrected chi connectivity index (χ0v) is 9.64. The average Bonchev–Trinajstić information content (AvgIpc) is 2.33. The van der Waals surface area contributed by atoms with E-state index >= 15 is 0 Å². The van der Waals surface area contributed by atoms with E-state index in [1.165, 1.54) is 6.26 Å². The van der Waals surface area contributed by atoms with Crippen molar-refractivity contribution in [2.75, 3.05) is 12.0 Å². The fourth-order valence-corrected chi connectivity index (χ4v) is 1.99. The monoisotopic (exact) mass is 237 g/mol. The van der Waals surface area contributed by atoms with Crippen molar-refractivity contribution in [1.29, 1.82) is 0 Å². The van der Waals surface area contributed by atoms with Crippen LogP contribution in [0.1, 0.15) is 12.2 Å². The molecule has 0 aliphatic heterocycles. The Labute approximate surface area is 88.0 Å². The highest BCUT2D eigenvalue weighted by Crippen LogP contribution is 2.08. The first kappa shape index (κ1) is 11.5. The summed E-state index contributed by atoms with van der Waals surface area (Å²) < 4.78 is 23.4. The van der Waals surface area contributed by atoms with E-state index in [4.69, 9.17) is 11.6 Å². The lowest BCUT2D eigenvalue weighted by Gasteiger charge is -2.03. The molecule has 0 spiro atoms. The molecular formula is C7H12ClN3O2S. The van der Waals surface area contributed by atoms with E-state index in [-0.39, 0.29) is 5.75 Å². The number of aromatic nitrogens is 3. The minimum Gasteiger partial charge on any atom is -0.302 e. The van der Waals surface area contributed by atoms with Crippen molar-refractivity contribution in [3.8, 4) is 0 Å². The van der Waals surface area contributed by atoms with Crippen LogP contribution in [0.5, 0.6) is 0 Å². The topological polar surface area (TPSA) is 64.8 Å². The Kier molecular flexibility index (Phi) is 3.49. The second kappa shape index (κ2) is 4.27. The number of nitrogens with zero attached hydrogens (tertiary/aromatic N) is 3. The Morgan fingerprint density at radius 3 is 2.50 bits per heavy atom. The van der Waals surface area contributed by atoms with E-state index in [1.54, 1.807) is 11.5 Å². The quantitative estimate of drug-likeness (QED) is 0.772. The van der Waals surface area contributed by atoms with Gasteiger partial charge in [-0.15, -0.1) is 10.2 Å². The van der Waals surface area contributed by atoms with Gasteiger partial charge in [0.25, 0.3) is 0 Å². The normalized spacial score (nSPS) is 11.9. The summed E-state index contributed by atoms with van der Waals surface area (Å²) in [6, 6.07) is 0. The molecule has 0 saturated carbocycles. The van der Waals surface area contributed by atoms with E-state index in [1.807, 2.05) is 0 Å². The lowest BCUT2D eigenvalue weighted by atomic mass is 10.4. The molecule has 0 aliphatic carbocycles. The summed E-state index contributed by atoms with van der Waals surface area (Å²) >= 11 is 5.73. The number of rotatable bonds is 4. The standard InChI is InChI=1S/C7H12ClN3O2S/c1-6-9-10-7(8)11(6)4-3-5-14(2,12)13/h3-5H2,1-2H3. The summed E-state index contributed by atoms with van der Waals surface area (Å²) in [5, 5.41) is 7.72. The molecule has 5 nitrogen and oxygen atoms in total. The Hall–Kier alpha value is -0.620. The SMILES string of the molecule is Cc1nnc(Cl)n1CCCS(C)(=O)=O. The summed E-state index contributed by atoms with van der Waals surface area (Å²) in [6.07, 6.45) is 1.74. The molecule has 0 atom stereocenters. The molecule has 80 valence electrons. The summed E-state index contributed by atoms with van der Waals surface area (Å²) in [4.78, 5) is 0. The fourth-order valence-electron chi connectivity index (χ4n) is 1.09. The van der Waals surface area contributed by atoms with Gasteiger partial charge < -0.3 is 4.57 Å². The smallest absolute Gasteiger partial charge is 0.225 e. The lowest BCUT2D eigenvalue weighted by molar-refractivity contribution is 0.590. The predicted octanol–water partition coefficient (Wildman–Crippen LogP) is 0.675. The van der Waals surface area contributed by atoms with Crippen molar-refractivity contribution in [3.63, 3.8) is 0 Å². The van der Waals surface area contributed by atoms with Gasteiger partial charge in [-0.3, -0.25) is 0 Å². The van der Waals surface area contributed by atoms with Crippen molar-refractivity contribution >= 4 is 21.4 Å². The molecule has 0 amide bonds. The molecule has 7 heteroatoms. The third-order valence-electron chi connectivity index (χ3n) is 1.79. The molecule has 0 N–H and O–H groups in total. The largest absolute Gasteiger partial charge is 0.302 e. The molecule has 1 heterocycles. The van der Waals surface area contributed by atoms with Crippen LogP contribution < -0.4 is 0 Å². The van der Waals surface area contributed by atoms with Gasteiger partial charge in [-0.2, -0.15) is 0 Å². The molecule has 0 aliphatic rings. The number of hydrogen-bond donors (Lipinski definition) is 0. The van der Waals surface area contributed by atoms with Crippen molar-refractivity contribution in [2.24, 2.45) is 0 Å². The van der Waals surface area contributed by atoms with E-state index in [0.29, 0.717) is 24.1 Å². The van der Waals surface area contributed by atoms with Gasteiger partial charge in [0.15, 0.2) is 0 Å². The van der Waals surface area contributed by atoms with Crippen molar-refractivity contribution < 1.29 is 8.42 Å².